The van der Waals surface area contributed by atoms with Crippen molar-refractivity contribution in [2.24, 2.45) is 0 Å². The van der Waals surface area contributed by atoms with Crippen LogP contribution in [0.15, 0.2) is 24.3 Å². The lowest BCUT2D eigenvalue weighted by Crippen LogP contribution is -2.45. The molecule has 1 aliphatic carbocycles. The summed E-state index contributed by atoms with van der Waals surface area (Å²) in [5.41, 5.74) is 1.53. The minimum absolute atomic E-state index is 0.0466. The molecule has 1 aromatic carbocycles. The number of rotatable bonds is 2. The molecule has 1 aromatic rings. The van der Waals surface area contributed by atoms with Gasteiger partial charge in [-0.25, -0.2) is 9.59 Å². The van der Waals surface area contributed by atoms with E-state index in [1.54, 1.807) is 12.1 Å². The number of carbonyl (C=O) groups is 2. The Morgan fingerprint density at radius 1 is 1.26 bits per heavy atom. The molecule has 19 heavy (non-hydrogen) atoms. The number of hydrogen-bond acceptors (Lipinski definition) is 3. The van der Waals surface area contributed by atoms with Gasteiger partial charge in [0.05, 0.1) is 5.69 Å². The van der Waals surface area contributed by atoms with E-state index in [-0.39, 0.29) is 6.10 Å². The highest BCUT2D eigenvalue weighted by Crippen LogP contribution is 2.34. The molecule has 1 aliphatic heterocycles. The van der Waals surface area contributed by atoms with E-state index in [0.717, 1.165) is 24.8 Å². The molecule has 1 fully saturated rings. The van der Waals surface area contributed by atoms with Crippen molar-refractivity contribution >= 4 is 17.7 Å². The molecule has 1 amide bonds. The first kappa shape index (κ1) is 12.0. The second-order valence-corrected chi connectivity index (χ2v) is 4.99. The van der Waals surface area contributed by atoms with Crippen molar-refractivity contribution in [2.45, 2.75) is 37.8 Å². The fourth-order valence-corrected chi connectivity index (χ4v) is 2.50. The van der Waals surface area contributed by atoms with E-state index in [1.165, 1.54) is 4.90 Å². The summed E-state index contributed by atoms with van der Waals surface area (Å²) in [5, 5.41) is 9.26. The molecule has 1 atom stereocenters. The highest BCUT2D eigenvalue weighted by Gasteiger charge is 2.40. The Kier molecular flexibility index (Phi) is 2.89. The predicted octanol–water partition coefficient (Wildman–Crippen LogP) is 2.19. The molecule has 0 aromatic heterocycles. The lowest BCUT2D eigenvalue weighted by atomic mass is 9.96. The van der Waals surface area contributed by atoms with Crippen LogP contribution < -0.4 is 4.90 Å². The molecular weight excluding hydrogens is 246 g/mol. The largest absolute Gasteiger partial charge is 0.480 e. The lowest BCUT2D eigenvalue weighted by molar-refractivity contribution is -0.138. The zero-order chi connectivity index (χ0) is 13.4. The summed E-state index contributed by atoms with van der Waals surface area (Å²) in [4.78, 5) is 24.7. The second-order valence-electron chi connectivity index (χ2n) is 4.99. The van der Waals surface area contributed by atoms with Crippen LogP contribution in [0.3, 0.4) is 0 Å². The molecule has 0 saturated heterocycles. The molecule has 100 valence electrons. The monoisotopic (exact) mass is 261 g/mol. The number of hydrogen-bond donors (Lipinski definition) is 1. The molecule has 1 heterocycles. The Bertz CT molecular complexity index is 524. The molecule has 0 unspecified atom stereocenters. The first-order valence-corrected chi connectivity index (χ1v) is 6.47. The highest BCUT2D eigenvalue weighted by molar-refractivity contribution is 5.98. The van der Waals surface area contributed by atoms with E-state index < -0.39 is 18.1 Å². The number of carboxylic acids is 1. The van der Waals surface area contributed by atoms with Crippen LogP contribution >= 0.6 is 0 Å². The number of nitrogens with zero attached hydrogens (tertiary/aromatic N) is 1. The molecule has 0 spiro atoms. The van der Waals surface area contributed by atoms with Crippen molar-refractivity contribution in [1.82, 2.24) is 0 Å². The quantitative estimate of drug-likeness (QED) is 0.886. The Morgan fingerprint density at radius 2 is 2.00 bits per heavy atom. The van der Waals surface area contributed by atoms with E-state index in [2.05, 4.69) is 0 Å². The maximum absolute atomic E-state index is 12.2. The van der Waals surface area contributed by atoms with E-state index >= 15 is 0 Å². The minimum atomic E-state index is -0.998. The van der Waals surface area contributed by atoms with Crippen molar-refractivity contribution in [3.05, 3.63) is 29.8 Å². The second kappa shape index (κ2) is 4.57. The number of aliphatic carboxylic acids is 1. The van der Waals surface area contributed by atoms with E-state index in [9.17, 15) is 14.7 Å². The maximum Gasteiger partial charge on any atom is 0.415 e. The van der Waals surface area contributed by atoms with Crippen molar-refractivity contribution in [1.29, 1.82) is 0 Å². The number of fused-ring (bicyclic) bond motifs is 1. The summed E-state index contributed by atoms with van der Waals surface area (Å²) < 4.78 is 5.33. The van der Waals surface area contributed by atoms with Gasteiger partial charge < -0.3 is 9.84 Å². The van der Waals surface area contributed by atoms with Crippen LogP contribution in [0.4, 0.5) is 10.5 Å². The normalized spacial score (nSPS) is 21.7. The number of anilines is 1. The third-order valence-electron chi connectivity index (χ3n) is 3.78. The number of benzene rings is 1. The molecule has 2 aliphatic rings. The Morgan fingerprint density at radius 3 is 2.63 bits per heavy atom. The number of carboxylic acid groups (broad SMARTS) is 1. The summed E-state index contributed by atoms with van der Waals surface area (Å²) in [6.07, 6.45) is 2.57. The van der Waals surface area contributed by atoms with E-state index in [1.807, 2.05) is 12.1 Å². The van der Waals surface area contributed by atoms with Gasteiger partial charge in [0, 0.05) is 6.42 Å². The summed E-state index contributed by atoms with van der Waals surface area (Å²) in [7, 11) is 0. The zero-order valence-corrected chi connectivity index (χ0v) is 10.4. The Balaban J connectivity index is 1.86. The summed E-state index contributed by atoms with van der Waals surface area (Å²) in [6.45, 7) is 0. The Hall–Kier alpha value is -2.04. The van der Waals surface area contributed by atoms with Crippen molar-refractivity contribution in [3.8, 4) is 0 Å². The van der Waals surface area contributed by atoms with Crippen LogP contribution in [0, 0.1) is 0 Å². The van der Waals surface area contributed by atoms with Gasteiger partial charge in [-0.1, -0.05) is 18.2 Å². The van der Waals surface area contributed by atoms with Gasteiger partial charge >= 0.3 is 12.1 Å². The third kappa shape index (κ3) is 2.05. The predicted molar refractivity (Wildman–Crippen MR) is 68.2 cm³/mol. The first-order chi connectivity index (χ1) is 9.16. The maximum atomic E-state index is 12.2. The molecule has 1 saturated carbocycles. The lowest BCUT2D eigenvalue weighted by Gasteiger charge is -2.29. The van der Waals surface area contributed by atoms with Crippen molar-refractivity contribution in [3.63, 3.8) is 0 Å². The van der Waals surface area contributed by atoms with E-state index in [4.69, 9.17) is 4.74 Å². The standard InChI is InChI=1S/C14H15NO4/c16-13(17)12-8-9-4-1-2-7-11(9)15(12)14(18)19-10-5-3-6-10/h1-2,4,7,10,12H,3,5-6,8H2,(H,16,17)/t12-/m1/s1. The molecule has 0 radical (unpaired) electrons. The van der Waals surface area contributed by atoms with Gasteiger partial charge in [0.1, 0.15) is 12.1 Å². The third-order valence-corrected chi connectivity index (χ3v) is 3.78. The van der Waals surface area contributed by atoms with Gasteiger partial charge in [-0.15, -0.1) is 0 Å². The molecular formula is C14H15NO4. The zero-order valence-electron chi connectivity index (χ0n) is 10.4. The fraction of sp³-hybridized carbons (Fsp3) is 0.429. The molecule has 3 rings (SSSR count). The van der Waals surface area contributed by atoms with Gasteiger partial charge in [-0.05, 0) is 30.9 Å². The van der Waals surface area contributed by atoms with Gasteiger partial charge in [-0.3, -0.25) is 4.90 Å². The molecule has 5 heteroatoms. The topological polar surface area (TPSA) is 66.8 Å². The Labute approximate surface area is 110 Å². The van der Waals surface area contributed by atoms with Gasteiger partial charge in [0.2, 0.25) is 0 Å². The minimum Gasteiger partial charge on any atom is -0.480 e. The van der Waals surface area contributed by atoms with Crippen LogP contribution in [0.25, 0.3) is 0 Å². The summed E-state index contributed by atoms with van der Waals surface area (Å²) >= 11 is 0. The summed E-state index contributed by atoms with van der Waals surface area (Å²) in [6, 6.07) is 6.40. The van der Waals surface area contributed by atoms with Gasteiger partial charge in [-0.2, -0.15) is 0 Å². The molecule has 0 bridgehead atoms. The molecule has 5 nitrogen and oxygen atoms in total. The molecule has 1 N–H and O–H groups in total. The van der Waals surface area contributed by atoms with Crippen LogP contribution in [-0.4, -0.2) is 29.3 Å². The summed E-state index contributed by atoms with van der Waals surface area (Å²) in [5.74, 6) is -0.998. The van der Waals surface area contributed by atoms with Crippen LogP contribution in [0.1, 0.15) is 24.8 Å². The van der Waals surface area contributed by atoms with Gasteiger partial charge in [0.25, 0.3) is 0 Å². The van der Waals surface area contributed by atoms with Crippen LogP contribution in [0.2, 0.25) is 0 Å². The number of carbonyl (C=O) groups excluding carboxylic acids is 1. The number of para-hydroxylation sites is 1. The average Bonchev–Trinajstić information content (AvgIpc) is 2.73. The number of amides is 1. The van der Waals surface area contributed by atoms with Crippen LogP contribution in [0.5, 0.6) is 0 Å². The SMILES string of the molecule is O=C(O)[C@H]1Cc2ccccc2N1C(=O)OC1CCC1. The number of ether oxygens (including phenoxy) is 1. The van der Waals surface area contributed by atoms with E-state index in [0.29, 0.717) is 12.1 Å². The van der Waals surface area contributed by atoms with Gasteiger partial charge in [0.15, 0.2) is 0 Å². The van der Waals surface area contributed by atoms with Crippen molar-refractivity contribution < 1.29 is 19.4 Å². The smallest absolute Gasteiger partial charge is 0.415 e. The van der Waals surface area contributed by atoms with Crippen LogP contribution in [-0.2, 0) is 16.0 Å². The van der Waals surface area contributed by atoms with Crippen molar-refractivity contribution in [2.75, 3.05) is 4.90 Å². The highest BCUT2D eigenvalue weighted by atomic mass is 16.6. The first-order valence-electron chi connectivity index (χ1n) is 6.47. The fourth-order valence-electron chi connectivity index (χ4n) is 2.50. The average molecular weight is 261 g/mol.